The molecule has 4 aromatic rings. The van der Waals surface area contributed by atoms with E-state index in [0.29, 0.717) is 23.2 Å². The Morgan fingerprint density at radius 1 is 1.06 bits per heavy atom. The minimum absolute atomic E-state index is 0.160. The summed E-state index contributed by atoms with van der Waals surface area (Å²) in [4.78, 5) is 20.2. The predicted molar refractivity (Wildman–Crippen MR) is 123 cm³/mol. The summed E-state index contributed by atoms with van der Waals surface area (Å²) in [7, 11) is 0. The fraction of sp³-hybridized carbons (Fsp3) is 0.200. The number of ether oxygens (including phenoxy) is 2. The number of para-hydroxylation sites is 2. The Labute approximate surface area is 184 Å². The van der Waals surface area contributed by atoms with Gasteiger partial charge < -0.3 is 9.47 Å². The van der Waals surface area contributed by atoms with Crippen molar-refractivity contribution < 1.29 is 14.3 Å². The number of carbonyl (C=O) groups is 1. The van der Waals surface area contributed by atoms with Crippen molar-refractivity contribution in [3.8, 4) is 11.5 Å². The molecule has 0 saturated heterocycles. The van der Waals surface area contributed by atoms with Gasteiger partial charge >= 0.3 is 0 Å². The zero-order chi connectivity index (χ0) is 21.4. The number of hydrogen-bond acceptors (Lipinski definition) is 5. The highest BCUT2D eigenvalue weighted by molar-refractivity contribution is 7.22. The molecule has 1 amide bonds. The normalized spacial score (nSPS) is 15.1. The van der Waals surface area contributed by atoms with E-state index in [1.54, 1.807) is 4.90 Å². The second-order valence-corrected chi connectivity index (χ2v) is 8.71. The van der Waals surface area contributed by atoms with Crippen LogP contribution in [0.15, 0.2) is 66.7 Å². The van der Waals surface area contributed by atoms with E-state index in [4.69, 9.17) is 14.5 Å². The zero-order valence-electron chi connectivity index (χ0n) is 17.4. The number of carbonyl (C=O) groups excluding carboxylic acids is 1. The number of anilines is 1. The number of aromatic nitrogens is 1. The van der Waals surface area contributed by atoms with Crippen LogP contribution in [0.5, 0.6) is 11.5 Å². The van der Waals surface area contributed by atoms with E-state index in [1.807, 2.05) is 54.6 Å². The number of amides is 1. The van der Waals surface area contributed by atoms with Crippen molar-refractivity contribution in [2.75, 3.05) is 11.5 Å². The summed E-state index contributed by atoms with van der Waals surface area (Å²) in [6.45, 7) is 4.71. The first-order valence-corrected chi connectivity index (χ1v) is 11.0. The summed E-state index contributed by atoms with van der Waals surface area (Å²) in [6, 6.07) is 21.6. The summed E-state index contributed by atoms with van der Waals surface area (Å²) in [6.07, 6.45) is -0.728. The molecule has 31 heavy (non-hydrogen) atoms. The maximum atomic E-state index is 13.6. The van der Waals surface area contributed by atoms with E-state index in [0.717, 1.165) is 21.3 Å². The van der Waals surface area contributed by atoms with Crippen LogP contribution in [0, 0.1) is 13.8 Å². The number of nitrogens with zero attached hydrogens (tertiary/aromatic N) is 2. The zero-order valence-corrected chi connectivity index (χ0v) is 18.2. The number of thiazole rings is 1. The first-order chi connectivity index (χ1) is 15.1. The first-order valence-electron chi connectivity index (χ1n) is 10.2. The molecule has 1 aliphatic rings. The molecule has 0 bridgehead atoms. The van der Waals surface area contributed by atoms with Crippen molar-refractivity contribution in [3.63, 3.8) is 0 Å². The van der Waals surface area contributed by atoms with Crippen LogP contribution >= 0.6 is 11.3 Å². The second kappa shape index (κ2) is 8.04. The average molecular weight is 431 g/mol. The SMILES string of the molecule is Cc1cc(C)c2nc(N(Cc3ccccc3)C(=O)[C@H]3COc4ccccc4O3)sc2c1. The van der Waals surface area contributed by atoms with Gasteiger partial charge in [0.15, 0.2) is 16.6 Å². The molecule has 0 aliphatic carbocycles. The molecule has 0 unspecified atom stereocenters. The van der Waals surface area contributed by atoms with Gasteiger partial charge in [-0.25, -0.2) is 4.98 Å². The Morgan fingerprint density at radius 3 is 2.61 bits per heavy atom. The van der Waals surface area contributed by atoms with Crippen LogP contribution in [0.3, 0.4) is 0 Å². The lowest BCUT2D eigenvalue weighted by atomic mass is 10.1. The number of hydrogen-bond donors (Lipinski definition) is 0. The second-order valence-electron chi connectivity index (χ2n) is 7.70. The molecule has 6 heteroatoms. The van der Waals surface area contributed by atoms with Crippen LogP contribution in [-0.4, -0.2) is 23.6 Å². The van der Waals surface area contributed by atoms with Crippen molar-refractivity contribution in [1.29, 1.82) is 0 Å². The molecule has 0 N–H and O–H groups in total. The van der Waals surface area contributed by atoms with Crippen molar-refractivity contribution in [2.24, 2.45) is 0 Å². The maximum Gasteiger partial charge on any atom is 0.273 e. The van der Waals surface area contributed by atoms with E-state index in [2.05, 4.69) is 26.0 Å². The molecular formula is C25H22N2O3S. The number of rotatable bonds is 4. The van der Waals surface area contributed by atoms with Crippen molar-refractivity contribution >= 4 is 32.6 Å². The molecule has 3 aromatic carbocycles. The van der Waals surface area contributed by atoms with Crippen LogP contribution in [-0.2, 0) is 11.3 Å². The molecule has 0 saturated carbocycles. The van der Waals surface area contributed by atoms with Gasteiger partial charge in [0.1, 0.15) is 6.61 Å². The Hall–Kier alpha value is -3.38. The summed E-state index contributed by atoms with van der Waals surface area (Å²) in [5.41, 5.74) is 4.25. The molecule has 156 valence electrons. The molecule has 0 spiro atoms. The van der Waals surface area contributed by atoms with Gasteiger partial charge in [0.05, 0.1) is 16.8 Å². The molecule has 1 aliphatic heterocycles. The highest BCUT2D eigenvalue weighted by Gasteiger charge is 2.33. The van der Waals surface area contributed by atoms with Gasteiger partial charge in [-0.1, -0.05) is 59.9 Å². The predicted octanol–water partition coefficient (Wildman–Crippen LogP) is 5.29. The standard InChI is InChI=1S/C25H22N2O3S/c1-16-12-17(2)23-22(13-16)31-25(26-23)27(14-18-8-4-3-5-9-18)24(28)21-15-29-19-10-6-7-11-20(19)30-21/h3-13,21H,14-15H2,1-2H3/t21-/m1/s1. The van der Waals surface area contributed by atoms with E-state index >= 15 is 0 Å². The Bertz CT molecular complexity index is 1250. The minimum atomic E-state index is -0.728. The van der Waals surface area contributed by atoms with E-state index in [1.165, 1.54) is 16.9 Å². The lowest BCUT2D eigenvalue weighted by Crippen LogP contribution is -2.46. The third-order valence-electron chi connectivity index (χ3n) is 5.28. The highest BCUT2D eigenvalue weighted by atomic mass is 32.1. The van der Waals surface area contributed by atoms with E-state index in [9.17, 15) is 4.79 Å². The Balaban J connectivity index is 1.52. The largest absolute Gasteiger partial charge is 0.485 e. The van der Waals surface area contributed by atoms with Crippen LogP contribution < -0.4 is 14.4 Å². The van der Waals surface area contributed by atoms with Crippen LogP contribution in [0.4, 0.5) is 5.13 Å². The minimum Gasteiger partial charge on any atom is -0.485 e. The quantitative estimate of drug-likeness (QED) is 0.442. The van der Waals surface area contributed by atoms with Crippen LogP contribution in [0.2, 0.25) is 0 Å². The van der Waals surface area contributed by atoms with Gasteiger partial charge in [0.25, 0.3) is 5.91 Å². The van der Waals surface area contributed by atoms with Gasteiger partial charge in [0, 0.05) is 0 Å². The Kier molecular flexibility index (Phi) is 5.08. The molecule has 0 fully saturated rings. The molecule has 2 heterocycles. The van der Waals surface area contributed by atoms with Crippen LogP contribution in [0.1, 0.15) is 16.7 Å². The molecule has 1 aromatic heterocycles. The monoisotopic (exact) mass is 430 g/mol. The van der Waals surface area contributed by atoms with Gasteiger partial charge in [-0.3, -0.25) is 9.69 Å². The number of fused-ring (bicyclic) bond motifs is 2. The van der Waals surface area contributed by atoms with Crippen LogP contribution in [0.25, 0.3) is 10.2 Å². The van der Waals surface area contributed by atoms with E-state index < -0.39 is 6.10 Å². The van der Waals surface area contributed by atoms with Gasteiger partial charge in [-0.2, -0.15) is 0 Å². The Morgan fingerprint density at radius 2 is 1.81 bits per heavy atom. The summed E-state index contributed by atoms with van der Waals surface area (Å²) >= 11 is 1.53. The average Bonchev–Trinajstić information content (AvgIpc) is 3.21. The van der Waals surface area contributed by atoms with Gasteiger partial charge in [-0.05, 0) is 48.7 Å². The molecule has 5 nitrogen and oxygen atoms in total. The maximum absolute atomic E-state index is 13.6. The summed E-state index contributed by atoms with van der Waals surface area (Å²) in [5, 5.41) is 0.667. The van der Waals surface area contributed by atoms with Crippen molar-refractivity contribution in [2.45, 2.75) is 26.5 Å². The van der Waals surface area contributed by atoms with Crippen molar-refractivity contribution in [1.82, 2.24) is 4.98 Å². The molecule has 1 atom stereocenters. The topological polar surface area (TPSA) is 51.7 Å². The third kappa shape index (κ3) is 3.86. The molecule has 5 rings (SSSR count). The van der Waals surface area contributed by atoms with Gasteiger partial charge in [-0.15, -0.1) is 0 Å². The van der Waals surface area contributed by atoms with Crippen molar-refractivity contribution in [3.05, 3.63) is 83.4 Å². The summed E-state index contributed by atoms with van der Waals surface area (Å²) < 4.78 is 12.9. The first kappa shape index (κ1) is 19.6. The number of aryl methyl sites for hydroxylation is 2. The number of benzene rings is 3. The lowest BCUT2D eigenvalue weighted by Gasteiger charge is -2.29. The smallest absolute Gasteiger partial charge is 0.273 e. The third-order valence-corrected chi connectivity index (χ3v) is 6.31. The molecule has 0 radical (unpaired) electrons. The van der Waals surface area contributed by atoms with E-state index in [-0.39, 0.29) is 12.5 Å². The molecular weight excluding hydrogens is 408 g/mol. The van der Waals surface area contributed by atoms with Gasteiger partial charge in [0.2, 0.25) is 6.10 Å². The highest BCUT2D eigenvalue weighted by Crippen LogP contribution is 2.35. The fourth-order valence-electron chi connectivity index (χ4n) is 3.80. The lowest BCUT2D eigenvalue weighted by molar-refractivity contribution is -0.127. The fourth-order valence-corrected chi connectivity index (χ4v) is 4.94. The summed E-state index contributed by atoms with van der Waals surface area (Å²) in [5.74, 6) is 1.08.